The summed E-state index contributed by atoms with van der Waals surface area (Å²) in [6, 6.07) is 0. The normalized spacial score (nSPS) is 26.0. The van der Waals surface area contributed by atoms with Gasteiger partial charge in [-0.1, -0.05) is 5.16 Å². The maximum Gasteiger partial charge on any atom is 0.232 e. The third-order valence-corrected chi connectivity index (χ3v) is 2.81. The Balaban J connectivity index is 1.99. The van der Waals surface area contributed by atoms with E-state index in [0.29, 0.717) is 24.7 Å². The molecule has 1 saturated carbocycles. The molecule has 0 bridgehead atoms. The van der Waals surface area contributed by atoms with Crippen LogP contribution in [0.4, 0.5) is 0 Å². The van der Waals surface area contributed by atoms with E-state index in [4.69, 9.17) is 9.26 Å². The molecule has 2 unspecified atom stereocenters. The molecule has 1 N–H and O–H groups in total. The summed E-state index contributed by atoms with van der Waals surface area (Å²) in [4.78, 5) is 4.26. The number of hydrogen-bond donors (Lipinski definition) is 1. The quantitative estimate of drug-likeness (QED) is 0.802. The van der Waals surface area contributed by atoms with Gasteiger partial charge in [-0.3, -0.25) is 0 Å². The second-order valence-electron chi connectivity index (χ2n) is 3.90. The van der Waals surface area contributed by atoms with Crippen molar-refractivity contribution in [1.29, 1.82) is 0 Å². The molecule has 0 saturated heterocycles. The summed E-state index contributed by atoms with van der Waals surface area (Å²) in [6.07, 6.45) is 3.14. The third-order valence-electron chi connectivity index (χ3n) is 2.81. The maximum absolute atomic E-state index is 9.68. The molecule has 2 rings (SSSR count). The predicted octanol–water partition coefficient (Wildman–Crippen LogP) is 0.887. The van der Waals surface area contributed by atoms with Crippen LogP contribution in [-0.2, 0) is 11.2 Å². The van der Waals surface area contributed by atoms with Crippen LogP contribution in [0.5, 0.6) is 0 Å². The minimum Gasteiger partial charge on any atom is -0.392 e. The van der Waals surface area contributed by atoms with Crippen LogP contribution in [0.25, 0.3) is 0 Å². The number of aromatic nitrogens is 2. The molecule has 1 aromatic rings. The standard InChI is InChI=1S/C10H16N2O3/c1-14-6-5-9-11-10(15-12-9)7-3-2-4-8(7)13/h7-8,13H,2-6H2,1H3. The first-order valence-corrected chi connectivity index (χ1v) is 5.30. The monoisotopic (exact) mass is 212 g/mol. The molecule has 1 aromatic heterocycles. The van der Waals surface area contributed by atoms with Gasteiger partial charge in [-0.25, -0.2) is 0 Å². The number of nitrogens with zero attached hydrogens (tertiary/aromatic N) is 2. The largest absolute Gasteiger partial charge is 0.392 e. The van der Waals surface area contributed by atoms with E-state index in [9.17, 15) is 5.11 Å². The molecule has 5 nitrogen and oxygen atoms in total. The van der Waals surface area contributed by atoms with Crippen LogP contribution < -0.4 is 0 Å². The molecular weight excluding hydrogens is 196 g/mol. The number of hydrogen-bond acceptors (Lipinski definition) is 5. The molecule has 1 aliphatic rings. The Morgan fingerprint density at radius 3 is 3.07 bits per heavy atom. The highest BCUT2D eigenvalue weighted by Crippen LogP contribution is 2.33. The Morgan fingerprint density at radius 1 is 1.53 bits per heavy atom. The van der Waals surface area contributed by atoms with Gasteiger partial charge in [0.05, 0.1) is 18.6 Å². The lowest BCUT2D eigenvalue weighted by molar-refractivity contribution is 0.148. The van der Waals surface area contributed by atoms with Crippen molar-refractivity contribution in [2.24, 2.45) is 0 Å². The molecule has 1 heterocycles. The molecule has 84 valence electrons. The number of aliphatic hydroxyl groups is 1. The Labute approximate surface area is 88.4 Å². The van der Waals surface area contributed by atoms with Crippen molar-refractivity contribution < 1.29 is 14.4 Å². The Hall–Kier alpha value is -0.940. The lowest BCUT2D eigenvalue weighted by Gasteiger charge is -2.07. The van der Waals surface area contributed by atoms with Crippen molar-refractivity contribution in [2.75, 3.05) is 13.7 Å². The van der Waals surface area contributed by atoms with E-state index >= 15 is 0 Å². The molecule has 0 spiro atoms. The minimum atomic E-state index is -0.319. The Bertz CT molecular complexity index is 313. The van der Waals surface area contributed by atoms with Crippen molar-refractivity contribution in [3.05, 3.63) is 11.7 Å². The fourth-order valence-electron chi connectivity index (χ4n) is 1.94. The second kappa shape index (κ2) is 4.72. The van der Waals surface area contributed by atoms with Crippen molar-refractivity contribution in [3.8, 4) is 0 Å². The highest BCUT2D eigenvalue weighted by Gasteiger charge is 2.31. The molecule has 2 atom stereocenters. The van der Waals surface area contributed by atoms with E-state index in [-0.39, 0.29) is 12.0 Å². The first-order valence-electron chi connectivity index (χ1n) is 5.30. The first-order chi connectivity index (χ1) is 7.31. The van der Waals surface area contributed by atoms with Crippen LogP contribution in [0.2, 0.25) is 0 Å². The van der Waals surface area contributed by atoms with Crippen molar-refractivity contribution in [3.63, 3.8) is 0 Å². The number of aliphatic hydroxyl groups excluding tert-OH is 1. The zero-order chi connectivity index (χ0) is 10.7. The molecule has 0 aromatic carbocycles. The van der Waals surface area contributed by atoms with E-state index in [1.165, 1.54) is 0 Å². The average Bonchev–Trinajstić information content (AvgIpc) is 2.83. The number of rotatable bonds is 4. The molecule has 0 radical (unpaired) electrons. The van der Waals surface area contributed by atoms with Crippen LogP contribution in [0.15, 0.2) is 4.52 Å². The van der Waals surface area contributed by atoms with Gasteiger partial charge < -0.3 is 14.4 Å². The second-order valence-corrected chi connectivity index (χ2v) is 3.90. The van der Waals surface area contributed by atoms with Crippen LogP contribution in [0.3, 0.4) is 0 Å². The van der Waals surface area contributed by atoms with E-state index in [2.05, 4.69) is 10.1 Å². The smallest absolute Gasteiger partial charge is 0.232 e. The summed E-state index contributed by atoms with van der Waals surface area (Å²) in [6.45, 7) is 0.589. The van der Waals surface area contributed by atoms with Gasteiger partial charge in [0, 0.05) is 13.5 Å². The van der Waals surface area contributed by atoms with Gasteiger partial charge in [0.2, 0.25) is 5.89 Å². The predicted molar refractivity (Wildman–Crippen MR) is 52.5 cm³/mol. The molecule has 0 amide bonds. The van der Waals surface area contributed by atoms with Crippen molar-refractivity contribution in [2.45, 2.75) is 37.7 Å². The first kappa shape index (κ1) is 10.6. The summed E-state index contributed by atoms with van der Waals surface area (Å²) >= 11 is 0. The molecule has 5 heteroatoms. The fourth-order valence-corrected chi connectivity index (χ4v) is 1.94. The molecule has 0 aliphatic heterocycles. The molecule has 1 aliphatic carbocycles. The van der Waals surface area contributed by atoms with E-state index < -0.39 is 0 Å². The highest BCUT2D eigenvalue weighted by molar-refractivity contribution is 5.00. The van der Waals surface area contributed by atoms with Gasteiger partial charge >= 0.3 is 0 Å². The average molecular weight is 212 g/mol. The molecule has 15 heavy (non-hydrogen) atoms. The van der Waals surface area contributed by atoms with Gasteiger partial charge in [0.25, 0.3) is 0 Å². The van der Waals surface area contributed by atoms with Gasteiger partial charge in [-0.05, 0) is 19.3 Å². The van der Waals surface area contributed by atoms with Gasteiger partial charge in [0.15, 0.2) is 5.82 Å². The van der Waals surface area contributed by atoms with Crippen LogP contribution >= 0.6 is 0 Å². The summed E-state index contributed by atoms with van der Waals surface area (Å²) in [5.41, 5.74) is 0. The van der Waals surface area contributed by atoms with Crippen LogP contribution in [0.1, 0.15) is 36.9 Å². The SMILES string of the molecule is COCCc1noc(C2CCCC2O)n1. The van der Waals surface area contributed by atoms with E-state index in [1.54, 1.807) is 7.11 Å². The van der Waals surface area contributed by atoms with E-state index in [0.717, 1.165) is 19.3 Å². The maximum atomic E-state index is 9.68. The minimum absolute atomic E-state index is 0.0359. The van der Waals surface area contributed by atoms with E-state index in [1.807, 2.05) is 0 Å². The third kappa shape index (κ3) is 2.35. The topological polar surface area (TPSA) is 68.4 Å². The summed E-state index contributed by atoms with van der Waals surface area (Å²) < 4.78 is 10.1. The lowest BCUT2D eigenvalue weighted by Crippen LogP contribution is -2.11. The van der Waals surface area contributed by atoms with Gasteiger partial charge in [-0.15, -0.1) is 0 Å². The Kier molecular flexibility index (Phi) is 3.33. The summed E-state index contributed by atoms with van der Waals surface area (Å²) in [5.74, 6) is 1.27. The zero-order valence-electron chi connectivity index (χ0n) is 8.85. The number of methoxy groups -OCH3 is 1. The molecule has 1 fully saturated rings. The summed E-state index contributed by atoms with van der Waals surface area (Å²) in [5, 5.41) is 13.5. The highest BCUT2D eigenvalue weighted by atomic mass is 16.5. The van der Waals surface area contributed by atoms with Gasteiger partial charge in [-0.2, -0.15) is 4.98 Å². The Morgan fingerprint density at radius 2 is 2.40 bits per heavy atom. The fraction of sp³-hybridized carbons (Fsp3) is 0.800. The van der Waals surface area contributed by atoms with Crippen LogP contribution in [-0.4, -0.2) is 35.1 Å². The lowest BCUT2D eigenvalue weighted by atomic mass is 10.1. The van der Waals surface area contributed by atoms with Crippen molar-refractivity contribution >= 4 is 0 Å². The van der Waals surface area contributed by atoms with Gasteiger partial charge in [0.1, 0.15) is 0 Å². The van der Waals surface area contributed by atoms with Crippen molar-refractivity contribution in [1.82, 2.24) is 10.1 Å². The zero-order valence-corrected chi connectivity index (χ0v) is 8.85. The molecular formula is C10H16N2O3. The number of ether oxygens (including phenoxy) is 1. The summed E-state index contributed by atoms with van der Waals surface area (Å²) in [7, 11) is 1.64. The van der Waals surface area contributed by atoms with Crippen LogP contribution in [0, 0.1) is 0 Å².